The molecular formula is C20H37N5O8. The summed E-state index contributed by atoms with van der Waals surface area (Å²) in [5, 5.41) is 41.2. The number of nitrogens with zero attached hydrogens (tertiary/aromatic N) is 4. The Morgan fingerprint density at radius 2 is 0.970 bits per heavy atom. The van der Waals surface area contributed by atoms with Crippen molar-refractivity contribution >= 4 is 23.9 Å². The van der Waals surface area contributed by atoms with Crippen LogP contribution in [0.15, 0.2) is 0 Å². The molecule has 13 heteroatoms. The SMILES string of the molecule is CNCC(C(=O)O)N1CCN(C(C)C(=O)O)CCN(C(C)C(=O)O)CN(C(C)C(=O)O)CC1. The summed E-state index contributed by atoms with van der Waals surface area (Å²) in [6.07, 6.45) is 0. The summed E-state index contributed by atoms with van der Waals surface area (Å²) in [6.45, 7) is 6.02. The highest BCUT2D eigenvalue weighted by Crippen LogP contribution is 2.12. The molecule has 33 heavy (non-hydrogen) atoms. The smallest absolute Gasteiger partial charge is 0.322 e. The van der Waals surface area contributed by atoms with Crippen LogP contribution in [-0.2, 0) is 19.2 Å². The fourth-order valence-corrected chi connectivity index (χ4v) is 3.73. The second-order valence-electron chi connectivity index (χ2n) is 8.29. The van der Waals surface area contributed by atoms with Gasteiger partial charge in [-0.2, -0.15) is 0 Å². The third-order valence-corrected chi connectivity index (χ3v) is 6.23. The summed E-state index contributed by atoms with van der Waals surface area (Å²) in [7, 11) is 1.63. The number of nitrogens with one attached hydrogen (secondary N) is 1. The van der Waals surface area contributed by atoms with Crippen molar-refractivity contribution < 1.29 is 39.6 Å². The Hall–Kier alpha value is -2.32. The van der Waals surface area contributed by atoms with E-state index in [1.165, 1.54) is 20.8 Å². The first-order chi connectivity index (χ1) is 15.4. The minimum atomic E-state index is -1.08. The Kier molecular flexibility index (Phi) is 11.7. The minimum Gasteiger partial charge on any atom is -0.480 e. The lowest BCUT2D eigenvalue weighted by Crippen LogP contribution is -2.54. The molecule has 0 spiro atoms. The summed E-state index contributed by atoms with van der Waals surface area (Å²) in [5.41, 5.74) is 0. The lowest BCUT2D eigenvalue weighted by atomic mass is 10.2. The Balaban J connectivity index is 3.35. The number of carbonyl (C=O) groups is 4. The summed E-state index contributed by atoms with van der Waals surface area (Å²) in [6, 6.07) is -3.62. The van der Waals surface area contributed by atoms with Crippen LogP contribution in [0.25, 0.3) is 0 Å². The van der Waals surface area contributed by atoms with E-state index in [-0.39, 0.29) is 52.5 Å². The largest absolute Gasteiger partial charge is 0.480 e. The van der Waals surface area contributed by atoms with Crippen molar-refractivity contribution in [2.45, 2.75) is 44.9 Å². The molecule has 1 saturated heterocycles. The highest BCUT2D eigenvalue weighted by atomic mass is 16.4. The molecule has 4 atom stereocenters. The number of aliphatic carboxylic acids is 4. The van der Waals surface area contributed by atoms with Crippen LogP contribution in [0, 0.1) is 0 Å². The summed E-state index contributed by atoms with van der Waals surface area (Å²) in [4.78, 5) is 53.5. The predicted molar refractivity (Wildman–Crippen MR) is 118 cm³/mol. The lowest BCUT2D eigenvalue weighted by Gasteiger charge is -2.36. The average Bonchev–Trinajstić information content (AvgIpc) is 2.78. The highest BCUT2D eigenvalue weighted by molar-refractivity contribution is 5.74. The minimum absolute atomic E-state index is 0.0217. The third-order valence-electron chi connectivity index (χ3n) is 6.23. The molecule has 1 fully saturated rings. The van der Waals surface area contributed by atoms with E-state index < -0.39 is 48.0 Å². The van der Waals surface area contributed by atoms with Gasteiger partial charge >= 0.3 is 23.9 Å². The van der Waals surface area contributed by atoms with Crippen LogP contribution in [0.1, 0.15) is 20.8 Å². The third kappa shape index (κ3) is 8.51. The van der Waals surface area contributed by atoms with Crippen LogP contribution in [-0.4, -0.2) is 148 Å². The average molecular weight is 476 g/mol. The predicted octanol–water partition coefficient (Wildman–Crippen LogP) is -1.74. The topological polar surface area (TPSA) is 174 Å². The molecule has 190 valence electrons. The molecule has 13 nitrogen and oxygen atoms in total. The van der Waals surface area contributed by atoms with Crippen molar-refractivity contribution in [3.05, 3.63) is 0 Å². The van der Waals surface area contributed by atoms with Crippen LogP contribution in [0.5, 0.6) is 0 Å². The molecule has 0 aromatic carbocycles. The molecule has 0 amide bonds. The molecule has 0 bridgehead atoms. The second-order valence-corrected chi connectivity index (χ2v) is 8.29. The molecule has 1 heterocycles. The summed E-state index contributed by atoms with van der Waals surface area (Å²) >= 11 is 0. The molecule has 1 rings (SSSR count). The fourth-order valence-electron chi connectivity index (χ4n) is 3.73. The summed E-state index contributed by atoms with van der Waals surface area (Å²) < 4.78 is 0. The second kappa shape index (κ2) is 13.4. The molecule has 4 unspecified atom stereocenters. The Morgan fingerprint density at radius 1 is 0.636 bits per heavy atom. The number of likely N-dealkylation sites (N-methyl/N-ethyl adjacent to an activating group) is 1. The van der Waals surface area contributed by atoms with Crippen molar-refractivity contribution in [2.24, 2.45) is 0 Å². The van der Waals surface area contributed by atoms with E-state index in [1.54, 1.807) is 26.6 Å². The van der Waals surface area contributed by atoms with E-state index in [4.69, 9.17) is 0 Å². The van der Waals surface area contributed by atoms with Crippen LogP contribution in [0.2, 0.25) is 0 Å². The van der Waals surface area contributed by atoms with Gasteiger partial charge in [0.15, 0.2) is 0 Å². The first-order valence-corrected chi connectivity index (χ1v) is 10.9. The normalized spacial score (nSPS) is 21.9. The van der Waals surface area contributed by atoms with Crippen molar-refractivity contribution in [1.29, 1.82) is 0 Å². The number of hydrogen-bond donors (Lipinski definition) is 5. The van der Waals surface area contributed by atoms with Crippen molar-refractivity contribution in [2.75, 3.05) is 59.5 Å². The number of rotatable bonds is 10. The maximum atomic E-state index is 11.9. The van der Waals surface area contributed by atoms with Crippen molar-refractivity contribution in [3.63, 3.8) is 0 Å². The zero-order valence-electron chi connectivity index (χ0n) is 19.7. The number of carboxylic acid groups (broad SMARTS) is 4. The monoisotopic (exact) mass is 475 g/mol. The van der Waals surface area contributed by atoms with Crippen molar-refractivity contribution in [1.82, 2.24) is 24.9 Å². The maximum Gasteiger partial charge on any atom is 0.322 e. The van der Waals surface area contributed by atoms with Gasteiger partial charge in [-0.1, -0.05) is 0 Å². The molecule has 0 aliphatic carbocycles. The quantitative estimate of drug-likeness (QED) is 0.241. The van der Waals surface area contributed by atoms with Crippen LogP contribution >= 0.6 is 0 Å². The number of hydrogen-bond acceptors (Lipinski definition) is 9. The van der Waals surface area contributed by atoms with Gasteiger partial charge in [0.25, 0.3) is 0 Å². The van der Waals surface area contributed by atoms with Gasteiger partial charge in [-0.15, -0.1) is 0 Å². The molecule has 0 radical (unpaired) electrons. The zero-order chi connectivity index (χ0) is 25.3. The maximum absolute atomic E-state index is 11.9. The zero-order valence-corrected chi connectivity index (χ0v) is 19.7. The molecule has 5 N–H and O–H groups in total. The van der Waals surface area contributed by atoms with E-state index in [0.717, 1.165) is 0 Å². The number of carboxylic acids is 4. The van der Waals surface area contributed by atoms with Gasteiger partial charge < -0.3 is 25.7 Å². The Labute approximate surface area is 193 Å². The van der Waals surface area contributed by atoms with Crippen LogP contribution in [0.4, 0.5) is 0 Å². The lowest BCUT2D eigenvalue weighted by molar-refractivity contribution is -0.148. The molecule has 0 aromatic rings. The van der Waals surface area contributed by atoms with Crippen LogP contribution in [0.3, 0.4) is 0 Å². The van der Waals surface area contributed by atoms with E-state index in [0.29, 0.717) is 0 Å². The van der Waals surface area contributed by atoms with Gasteiger partial charge in [0.05, 0.1) is 6.67 Å². The first-order valence-electron chi connectivity index (χ1n) is 10.9. The van der Waals surface area contributed by atoms with E-state index in [9.17, 15) is 39.6 Å². The molecule has 1 aliphatic rings. The Morgan fingerprint density at radius 3 is 1.30 bits per heavy atom. The van der Waals surface area contributed by atoms with Gasteiger partial charge in [-0.3, -0.25) is 38.8 Å². The summed E-state index contributed by atoms with van der Waals surface area (Å²) in [5.74, 6) is -4.24. The van der Waals surface area contributed by atoms with E-state index in [2.05, 4.69) is 5.32 Å². The van der Waals surface area contributed by atoms with Crippen molar-refractivity contribution in [3.8, 4) is 0 Å². The van der Waals surface area contributed by atoms with Gasteiger partial charge in [0.1, 0.15) is 24.2 Å². The van der Waals surface area contributed by atoms with E-state index in [1.807, 2.05) is 0 Å². The van der Waals surface area contributed by atoms with E-state index >= 15 is 0 Å². The standard InChI is InChI=1S/C20H37N5O8/c1-13(17(26)27)22-5-7-23(16(11-21-4)20(32)33)8-10-25(15(3)19(30)31)12-24(9-6-22)14(2)18(28)29/h13-16,21H,5-12H2,1-4H3,(H,26,27)(H,28,29)(H,30,31)(H,32,33). The van der Waals surface area contributed by atoms with Gasteiger partial charge in [-0.25, -0.2) is 0 Å². The molecule has 1 aliphatic heterocycles. The molecular weight excluding hydrogens is 438 g/mol. The Bertz CT molecular complexity index is 693. The van der Waals surface area contributed by atoms with Gasteiger partial charge in [0.2, 0.25) is 0 Å². The molecule has 0 saturated carbocycles. The highest BCUT2D eigenvalue weighted by Gasteiger charge is 2.32. The molecule has 0 aromatic heterocycles. The van der Waals surface area contributed by atoms with Gasteiger partial charge in [-0.05, 0) is 27.8 Å². The first kappa shape index (κ1) is 28.7. The fraction of sp³-hybridized carbons (Fsp3) is 0.800. The van der Waals surface area contributed by atoms with Crippen LogP contribution < -0.4 is 5.32 Å². The van der Waals surface area contributed by atoms with Gasteiger partial charge in [0, 0.05) is 45.8 Å².